The van der Waals surface area contributed by atoms with Gasteiger partial charge in [0.2, 0.25) is 10.0 Å². The summed E-state index contributed by atoms with van der Waals surface area (Å²) < 4.78 is 25.5. The minimum Gasteiger partial charge on any atom is -0.378 e. The number of aryl methyl sites for hydroxylation is 1. The number of sulfonamides is 1. The Morgan fingerprint density at radius 1 is 1.24 bits per heavy atom. The van der Waals surface area contributed by atoms with Crippen LogP contribution in [0.4, 0.5) is 11.4 Å². The predicted octanol–water partition coefficient (Wildman–Crippen LogP) is 3.39. The smallest absolute Gasteiger partial charge is 0.232 e. The van der Waals surface area contributed by atoms with Gasteiger partial charge in [0.25, 0.3) is 0 Å². The summed E-state index contributed by atoms with van der Waals surface area (Å²) >= 11 is 1.63. The summed E-state index contributed by atoms with van der Waals surface area (Å²) in [5.41, 5.74) is 4.39. The summed E-state index contributed by atoms with van der Waals surface area (Å²) in [6.07, 6.45) is 0. The first kappa shape index (κ1) is 15.8. The van der Waals surface area contributed by atoms with Crippen LogP contribution in [0.2, 0.25) is 0 Å². The molecule has 0 amide bonds. The van der Waals surface area contributed by atoms with Gasteiger partial charge in [-0.2, -0.15) is 0 Å². The monoisotopic (exact) mass is 325 g/mol. The van der Waals surface area contributed by atoms with E-state index >= 15 is 0 Å². The van der Waals surface area contributed by atoms with Gasteiger partial charge in [0.05, 0.1) is 23.0 Å². The van der Waals surface area contributed by atoms with Crippen molar-refractivity contribution in [1.82, 2.24) is 4.98 Å². The summed E-state index contributed by atoms with van der Waals surface area (Å²) in [5.74, 6) is 0.0642. The Labute approximate surface area is 129 Å². The number of nitrogens with zero attached hydrogens (tertiary/aromatic N) is 1. The molecule has 5 nitrogen and oxygen atoms in total. The van der Waals surface area contributed by atoms with Crippen LogP contribution < -0.4 is 10.0 Å². The SMILES string of the molecule is CCS(=O)(=O)Nc1ccc(NC(C)c2scnc2C)cc1. The van der Waals surface area contributed by atoms with Crippen molar-refractivity contribution in [3.63, 3.8) is 0 Å². The van der Waals surface area contributed by atoms with Crippen LogP contribution in [0, 0.1) is 6.92 Å². The Morgan fingerprint density at radius 2 is 1.86 bits per heavy atom. The molecule has 0 aliphatic rings. The summed E-state index contributed by atoms with van der Waals surface area (Å²) in [5, 5.41) is 3.38. The number of aromatic nitrogens is 1. The van der Waals surface area contributed by atoms with E-state index in [1.54, 1.807) is 30.4 Å². The third-order valence-electron chi connectivity index (χ3n) is 3.10. The lowest BCUT2D eigenvalue weighted by Crippen LogP contribution is -2.14. The van der Waals surface area contributed by atoms with Gasteiger partial charge in [0, 0.05) is 16.3 Å². The molecule has 0 saturated carbocycles. The van der Waals surface area contributed by atoms with E-state index in [-0.39, 0.29) is 11.8 Å². The van der Waals surface area contributed by atoms with Crippen molar-refractivity contribution in [1.29, 1.82) is 0 Å². The maximum absolute atomic E-state index is 11.5. The zero-order valence-electron chi connectivity index (χ0n) is 12.3. The van der Waals surface area contributed by atoms with Crippen molar-refractivity contribution in [2.24, 2.45) is 0 Å². The normalized spacial score (nSPS) is 12.9. The van der Waals surface area contributed by atoms with Crippen molar-refractivity contribution in [3.8, 4) is 0 Å². The molecule has 1 unspecified atom stereocenters. The van der Waals surface area contributed by atoms with E-state index in [4.69, 9.17) is 0 Å². The van der Waals surface area contributed by atoms with Gasteiger partial charge in [-0.3, -0.25) is 4.72 Å². The molecule has 0 fully saturated rings. The lowest BCUT2D eigenvalue weighted by atomic mass is 10.2. The van der Waals surface area contributed by atoms with E-state index in [1.807, 2.05) is 24.6 Å². The highest BCUT2D eigenvalue weighted by molar-refractivity contribution is 7.92. The molecule has 0 aliphatic heterocycles. The molecule has 0 radical (unpaired) electrons. The molecule has 2 rings (SSSR count). The van der Waals surface area contributed by atoms with E-state index in [9.17, 15) is 8.42 Å². The first-order valence-corrected chi connectivity index (χ1v) is 9.21. The van der Waals surface area contributed by atoms with Gasteiger partial charge in [-0.25, -0.2) is 13.4 Å². The van der Waals surface area contributed by atoms with Crippen molar-refractivity contribution < 1.29 is 8.42 Å². The predicted molar refractivity (Wildman–Crippen MR) is 88.4 cm³/mol. The van der Waals surface area contributed by atoms with Crippen LogP contribution in [0.25, 0.3) is 0 Å². The summed E-state index contributed by atoms with van der Waals surface area (Å²) in [6, 6.07) is 7.39. The third kappa shape index (κ3) is 4.18. The number of hydrogen-bond donors (Lipinski definition) is 2. The van der Waals surface area contributed by atoms with Crippen LogP contribution >= 0.6 is 11.3 Å². The van der Waals surface area contributed by atoms with Gasteiger partial charge in [-0.05, 0) is 45.0 Å². The highest BCUT2D eigenvalue weighted by Crippen LogP contribution is 2.25. The standard InChI is InChI=1S/C14H19N3O2S2/c1-4-21(18,19)17-13-7-5-12(6-8-13)16-11(3)14-10(2)15-9-20-14/h5-9,11,16-17H,4H2,1-3H3. The van der Waals surface area contributed by atoms with Crippen molar-refractivity contribution in [3.05, 3.63) is 40.3 Å². The molecular formula is C14H19N3O2S2. The summed E-state index contributed by atoms with van der Waals surface area (Å²) in [6.45, 7) is 5.68. The first-order valence-electron chi connectivity index (χ1n) is 6.68. The van der Waals surface area contributed by atoms with Gasteiger partial charge in [-0.1, -0.05) is 0 Å². The van der Waals surface area contributed by atoms with E-state index in [0.29, 0.717) is 5.69 Å². The van der Waals surface area contributed by atoms with Gasteiger partial charge in [0.1, 0.15) is 0 Å². The molecule has 1 heterocycles. The van der Waals surface area contributed by atoms with Crippen LogP contribution in [0.15, 0.2) is 29.8 Å². The molecule has 21 heavy (non-hydrogen) atoms. The molecule has 2 N–H and O–H groups in total. The van der Waals surface area contributed by atoms with Crippen molar-refractivity contribution in [2.45, 2.75) is 26.8 Å². The largest absolute Gasteiger partial charge is 0.378 e. The molecule has 0 bridgehead atoms. The zero-order chi connectivity index (χ0) is 15.5. The van der Waals surface area contributed by atoms with Crippen LogP contribution in [0.5, 0.6) is 0 Å². The number of benzene rings is 1. The van der Waals surface area contributed by atoms with Crippen LogP contribution in [-0.2, 0) is 10.0 Å². The molecule has 1 aromatic carbocycles. The molecule has 1 atom stereocenters. The minimum atomic E-state index is -3.23. The molecular weight excluding hydrogens is 306 g/mol. The lowest BCUT2D eigenvalue weighted by molar-refractivity contribution is 0.602. The van der Waals surface area contributed by atoms with Crippen LogP contribution in [0.3, 0.4) is 0 Å². The van der Waals surface area contributed by atoms with E-state index in [0.717, 1.165) is 11.4 Å². The molecule has 0 spiro atoms. The average Bonchev–Trinajstić information content (AvgIpc) is 2.87. The fraction of sp³-hybridized carbons (Fsp3) is 0.357. The highest BCUT2D eigenvalue weighted by Gasteiger charge is 2.11. The average molecular weight is 325 g/mol. The van der Waals surface area contributed by atoms with E-state index in [2.05, 4.69) is 21.9 Å². The fourth-order valence-electron chi connectivity index (χ4n) is 1.93. The second-order valence-electron chi connectivity index (χ2n) is 4.75. The lowest BCUT2D eigenvalue weighted by Gasteiger charge is -2.15. The molecule has 0 saturated heterocycles. The summed E-state index contributed by atoms with van der Waals surface area (Å²) in [7, 11) is -3.23. The molecule has 1 aromatic heterocycles. The van der Waals surface area contributed by atoms with E-state index in [1.165, 1.54) is 4.88 Å². The van der Waals surface area contributed by atoms with Gasteiger partial charge < -0.3 is 5.32 Å². The Bertz CT molecular complexity index is 693. The van der Waals surface area contributed by atoms with Gasteiger partial charge >= 0.3 is 0 Å². The Balaban J connectivity index is 2.04. The second kappa shape index (κ2) is 6.44. The molecule has 114 valence electrons. The van der Waals surface area contributed by atoms with Gasteiger partial charge in [0.15, 0.2) is 0 Å². The van der Waals surface area contributed by atoms with Crippen LogP contribution in [-0.4, -0.2) is 19.2 Å². The molecule has 2 aromatic rings. The highest BCUT2D eigenvalue weighted by atomic mass is 32.2. The zero-order valence-corrected chi connectivity index (χ0v) is 13.9. The van der Waals surface area contributed by atoms with Gasteiger partial charge in [-0.15, -0.1) is 11.3 Å². The molecule has 7 heteroatoms. The number of nitrogens with one attached hydrogen (secondary N) is 2. The molecule has 0 aliphatic carbocycles. The quantitative estimate of drug-likeness (QED) is 0.854. The maximum Gasteiger partial charge on any atom is 0.232 e. The maximum atomic E-state index is 11.5. The van der Waals surface area contributed by atoms with E-state index < -0.39 is 10.0 Å². The van der Waals surface area contributed by atoms with Crippen molar-refractivity contribution in [2.75, 3.05) is 15.8 Å². The van der Waals surface area contributed by atoms with Crippen molar-refractivity contribution >= 4 is 32.7 Å². The second-order valence-corrected chi connectivity index (χ2v) is 7.65. The Hall–Kier alpha value is -1.60. The number of rotatable bonds is 6. The fourth-order valence-corrected chi connectivity index (χ4v) is 3.38. The first-order chi connectivity index (χ1) is 9.91. The Kier molecular flexibility index (Phi) is 4.84. The topological polar surface area (TPSA) is 71.1 Å². The number of hydrogen-bond acceptors (Lipinski definition) is 5. The van der Waals surface area contributed by atoms with Crippen LogP contribution in [0.1, 0.15) is 30.5 Å². The number of thiazole rings is 1. The Morgan fingerprint density at radius 3 is 2.38 bits per heavy atom. The number of anilines is 2. The third-order valence-corrected chi connectivity index (χ3v) is 5.52. The minimum absolute atomic E-state index is 0.0642. The summed E-state index contributed by atoms with van der Waals surface area (Å²) in [4.78, 5) is 5.44.